The van der Waals surface area contributed by atoms with Gasteiger partial charge in [-0.2, -0.15) is 14.7 Å². The highest BCUT2D eigenvalue weighted by molar-refractivity contribution is 5.56. The quantitative estimate of drug-likeness (QED) is 0.784. The molecule has 0 fully saturated rings. The number of nitrogens with zero attached hydrogens (tertiary/aromatic N) is 6. The molecular weight excluding hydrogens is 290 g/mol. The van der Waals surface area contributed by atoms with Gasteiger partial charge in [0, 0.05) is 23.9 Å². The predicted octanol–water partition coefficient (Wildman–Crippen LogP) is 2.69. The summed E-state index contributed by atoms with van der Waals surface area (Å²) >= 11 is 0. The van der Waals surface area contributed by atoms with Gasteiger partial charge in [-0.3, -0.25) is 0 Å². The number of hydrogen-bond donors (Lipinski definition) is 1. The second-order valence-electron chi connectivity index (χ2n) is 5.73. The molecule has 23 heavy (non-hydrogen) atoms. The first kappa shape index (κ1) is 15.5. The van der Waals surface area contributed by atoms with Crippen LogP contribution in [0.1, 0.15) is 49.6 Å². The number of rotatable bonds is 5. The van der Waals surface area contributed by atoms with Crippen LogP contribution in [0.4, 0.5) is 5.82 Å². The summed E-state index contributed by atoms with van der Waals surface area (Å²) in [5, 5.41) is 12.4. The summed E-state index contributed by atoms with van der Waals surface area (Å²) in [6.45, 7) is 11.1. The van der Waals surface area contributed by atoms with E-state index >= 15 is 0 Å². The van der Waals surface area contributed by atoms with E-state index in [9.17, 15) is 0 Å². The number of fused-ring (bicyclic) bond motifs is 1. The Balaban J connectivity index is 2.03. The summed E-state index contributed by atoms with van der Waals surface area (Å²) < 4.78 is 3.78. The standard InChI is InChI=1S/C16H23N7/c1-6-13-8-14(23-15(20-13)10(3)11(4)21-23)19-12(5)16-17-9-18-22(16)7-2/h8-9,12,19H,6-7H2,1-5H3/t12-/m0/s1. The largest absolute Gasteiger partial charge is 0.360 e. The van der Waals surface area contributed by atoms with Crippen LogP contribution in [0.2, 0.25) is 0 Å². The van der Waals surface area contributed by atoms with Gasteiger partial charge in [-0.1, -0.05) is 6.92 Å². The summed E-state index contributed by atoms with van der Waals surface area (Å²) in [6, 6.07) is 2.08. The van der Waals surface area contributed by atoms with E-state index in [1.807, 2.05) is 16.1 Å². The molecule has 7 nitrogen and oxygen atoms in total. The van der Waals surface area contributed by atoms with Crippen LogP contribution in [-0.2, 0) is 13.0 Å². The maximum Gasteiger partial charge on any atom is 0.160 e. The Kier molecular flexibility index (Phi) is 4.02. The zero-order valence-corrected chi connectivity index (χ0v) is 14.3. The van der Waals surface area contributed by atoms with Gasteiger partial charge in [0.1, 0.15) is 18.0 Å². The van der Waals surface area contributed by atoms with E-state index in [1.165, 1.54) is 0 Å². The minimum absolute atomic E-state index is 0.0255. The van der Waals surface area contributed by atoms with E-state index < -0.39 is 0 Å². The Labute approximate surface area is 135 Å². The highest BCUT2D eigenvalue weighted by atomic mass is 15.4. The zero-order valence-electron chi connectivity index (χ0n) is 14.3. The Hall–Kier alpha value is -2.44. The lowest BCUT2D eigenvalue weighted by Crippen LogP contribution is -2.16. The molecule has 0 aliphatic heterocycles. The fourth-order valence-corrected chi connectivity index (χ4v) is 2.70. The molecule has 1 N–H and O–H groups in total. The number of nitrogens with one attached hydrogen (secondary N) is 1. The molecular formula is C16H23N7. The van der Waals surface area contributed by atoms with Gasteiger partial charge in [-0.05, 0) is 34.1 Å². The lowest BCUT2D eigenvalue weighted by Gasteiger charge is -2.16. The van der Waals surface area contributed by atoms with Gasteiger partial charge < -0.3 is 5.32 Å². The maximum absolute atomic E-state index is 4.71. The average Bonchev–Trinajstić information content (AvgIpc) is 3.13. The molecule has 0 amide bonds. The summed E-state index contributed by atoms with van der Waals surface area (Å²) in [5.41, 5.74) is 4.08. The van der Waals surface area contributed by atoms with Crippen LogP contribution >= 0.6 is 0 Å². The van der Waals surface area contributed by atoms with Crippen molar-refractivity contribution >= 4 is 11.5 Å². The number of anilines is 1. The van der Waals surface area contributed by atoms with Crippen molar-refractivity contribution in [2.75, 3.05) is 5.32 Å². The highest BCUT2D eigenvalue weighted by Crippen LogP contribution is 2.22. The molecule has 0 aromatic carbocycles. The van der Waals surface area contributed by atoms with E-state index in [-0.39, 0.29) is 6.04 Å². The Morgan fingerprint density at radius 3 is 2.74 bits per heavy atom. The molecule has 3 aromatic rings. The van der Waals surface area contributed by atoms with Gasteiger partial charge in [0.2, 0.25) is 0 Å². The third-order valence-electron chi connectivity index (χ3n) is 4.17. The van der Waals surface area contributed by atoms with Crippen LogP contribution in [0.15, 0.2) is 12.4 Å². The Bertz CT molecular complexity index is 830. The zero-order chi connectivity index (χ0) is 16.6. The molecule has 1 atom stereocenters. The Morgan fingerprint density at radius 2 is 2.04 bits per heavy atom. The summed E-state index contributed by atoms with van der Waals surface area (Å²) in [4.78, 5) is 9.08. The smallest absolute Gasteiger partial charge is 0.160 e. The fraction of sp³-hybridized carbons (Fsp3) is 0.500. The predicted molar refractivity (Wildman–Crippen MR) is 89.6 cm³/mol. The van der Waals surface area contributed by atoms with Crippen molar-refractivity contribution in [2.45, 2.75) is 53.6 Å². The van der Waals surface area contributed by atoms with Gasteiger partial charge in [0.05, 0.1) is 11.7 Å². The molecule has 3 aromatic heterocycles. The maximum atomic E-state index is 4.71. The van der Waals surface area contributed by atoms with Gasteiger partial charge in [-0.15, -0.1) is 0 Å². The summed E-state index contributed by atoms with van der Waals surface area (Å²) in [7, 11) is 0. The van der Waals surface area contributed by atoms with Crippen molar-refractivity contribution in [3.8, 4) is 0 Å². The van der Waals surface area contributed by atoms with Gasteiger partial charge in [0.25, 0.3) is 0 Å². The number of aromatic nitrogens is 6. The van der Waals surface area contributed by atoms with Crippen LogP contribution in [0.3, 0.4) is 0 Å². The monoisotopic (exact) mass is 313 g/mol. The van der Waals surface area contributed by atoms with Crippen LogP contribution in [0.25, 0.3) is 5.65 Å². The molecule has 0 aliphatic carbocycles. The van der Waals surface area contributed by atoms with Crippen LogP contribution in [0, 0.1) is 13.8 Å². The highest BCUT2D eigenvalue weighted by Gasteiger charge is 2.16. The molecule has 3 rings (SSSR count). The van der Waals surface area contributed by atoms with Gasteiger partial charge in [-0.25, -0.2) is 14.6 Å². The second kappa shape index (κ2) is 5.98. The molecule has 0 radical (unpaired) electrons. The molecule has 0 aliphatic rings. The van der Waals surface area contributed by atoms with Crippen molar-refractivity contribution in [3.05, 3.63) is 35.2 Å². The van der Waals surface area contributed by atoms with E-state index in [0.717, 1.165) is 47.2 Å². The van der Waals surface area contributed by atoms with E-state index in [0.29, 0.717) is 0 Å². The summed E-state index contributed by atoms with van der Waals surface area (Å²) in [5.74, 6) is 1.84. The topological polar surface area (TPSA) is 72.9 Å². The van der Waals surface area contributed by atoms with E-state index in [2.05, 4.69) is 54.3 Å². The average molecular weight is 313 g/mol. The van der Waals surface area contributed by atoms with E-state index in [4.69, 9.17) is 4.98 Å². The van der Waals surface area contributed by atoms with Crippen molar-refractivity contribution in [3.63, 3.8) is 0 Å². The minimum Gasteiger partial charge on any atom is -0.360 e. The fourth-order valence-electron chi connectivity index (χ4n) is 2.70. The Morgan fingerprint density at radius 1 is 1.26 bits per heavy atom. The first-order chi connectivity index (χ1) is 11.0. The molecule has 0 unspecified atom stereocenters. The van der Waals surface area contributed by atoms with E-state index in [1.54, 1.807) is 6.33 Å². The molecule has 3 heterocycles. The first-order valence-corrected chi connectivity index (χ1v) is 8.05. The molecule has 7 heteroatoms. The van der Waals surface area contributed by atoms with Crippen LogP contribution in [-0.4, -0.2) is 29.4 Å². The number of aryl methyl sites for hydroxylation is 4. The minimum atomic E-state index is 0.0255. The molecule has 0 saturated heterocycles. The van der Waals surface area contributed by atoms with Crippen molar-refractivity contribution in [2.24, 2.45) is 0 Å². The lowest BCUT2D eigenvalue weighted by molar-refractivity contribution is 0.591. The normalized spacial score (nSPS) is 12.7. The van der Waals surface area contributed by atoms with Crippen LogP contribution < -0.4 is 5.32 Å². The molecule has 0 saturated carbocycles. The summed E-state index contributed by atoms with van der Waals surface area (Å²) in [6.07, 6.45) is 2.48. The number of hydrogen-bond acceptors (Lipinski definition) is 5. The van der Waals surface area contributed by atoms with Crippen LogP contribution in [0.5, 0.6) is 0 Å². The third-order valence-corrected chi connectivity index (χ3v) is 4.17. The van der Waals surface area contributed by atoms with Crippen molar-refractivity contribution in [1.29, 1.82) is 0 Å². The molecule has 0 bridgehead atoms. The third kappa shape index (κ3) is 2.67. The second-order valence-corrected chi connectivity index (χ2v) is 5.73. The van der Waals surface area contributed by atoms with Crippen molar-refractivity contribution < 1.29 is 0 Å². The van der Waals surface area contributed by atoms with Gasteiger partial charge in [0.15, 0.2) is 5.65 Å². The van der Waals surface area contributed by atoms with Gasteiger partial charge >= 0.3 is 0 Å². The lowest BCUT2D eigenvalue weighted by atomic mass is 10.2. The SMILES string of the molecule is CCc1cc(N[C@@H](C)c2ncnn2CC)n2nc(C)c(C)c2n1. The molecule has 0 spiro atoms. The molecule has 122 valence electrons. The van der Waals surface area contributed by atoms with Crippen molar-refractivity contribution in [1.82, 2.24) is 29.4 Å². The first-order valence-electron chi connectivity index (χ1n) is 8.05.